The van der Waals surface area contributed by atoms with Crippen molar-refractivity contribution in [1.29, 1.82) is 0 Å². The molecule has 3 heterocycles. The maximum atomic E-state index is 12.9. The van der Waals surface area contributed by atoms with Crippen LogP contribution >= 0.6 is 25.1 Å². The van der Waals surface area contributed by atoms with Crippen LogP contribution in [-0.2, 0) is 0 Å². The van der Waals surface area contributed by atoms with Crippen LogP contribution in [0, 0.1) is 6.92 Å². The second kappa shape index (κ2) is 10.9. The van der Waals surface area contributed by atoms with Gasteiger partial charge in [0.05, 0.1) is 6.04 Å². The first-order valence-corrected chi connectivity index (χ1v) is 11.2. The lowest BCUT2D eigenvalue weighted by Crippen LogP contribution is -2.33. The summed E-state index contributed by atoms with van der Waals surface area (Å²) in [5.41, 5.74) is 8.50. The molecule has 10 nitrogen and oxygen atoms in total. The third-order valence-electron chi connectivity index (χ3n) is 5.43. The van der Waals surface area contributed by atoms with Gasteiger partial charge in [-0.1, -0.05) is 23.7 Å². The minimum absolute atomic E-state index is 0. The predicted molar refractivity (Wildman–Crippen MR) is 141 cm³/mol. The number of carbonyl (C=O) groups excluding carboxylic acids is 1. The van der Waals surface area contributed by atoms with E-state index in [2.05, 4.69) is 25.6 Å². The molecule has 1 atom stereocenters. The van der Waals surface area contributed by atoms with E-state index in [1.54, 1.807) is 29.1 Å². The van der Waals surface area contributed by atoms with Gasteiger partial charge in [0.25, 0.3) is 5.91 Å². The zero-order valence-corrected chi connectivity index (χ0v) is 21.0. The standard InChI is InChI=1S/C24H22ClN7O3.H2S/c1-14-10-27-24(29-17-5-6-20-21(8-17)35-13-34-20)31-22(14)32-11-19(28-12-32)23(33)30-18(9-26)15-3-2-4-16(25)7-15;/h2-8,10-12,18H,9,13,26H2,1H3,(H,30,33)(H,27,29,31);1H2/t18-;/m1./s1. The number of amides is 1. The van der Waals surface area contributed by atoms with Crippen LogP contribution in [0.15, 0.2) is 61.2 Å². The highest BCUT2D eigenvalue weighted by atomic mass is 35.5. The molecule has 5 rings (SSSR count). The van der Waals surface area contributed by atoms with Gasteiger partial charge in [-0.2, -0.15) is 18.5 Å². The van der Waals surface area contributed by atoms with Crippen LogP contribution in [0.25, 0.3) is 5.82 Å². The van der Waals surface area contributed by atoms with E-state index < -0.39 is 6.04 Å². The van der Waals surface area contributed by atoms with Crippen molar-refractivity contribution in [2.45, 2.75) is 13.0 Å². The molecule has 0 unspecified atom stereocenters. The Kier molecular flexibility index (Phi) is 7.63. The molecule has 2 aromatic carbocycles. The summed E-state index contributed by atoms with van der Waals surface area (Å²) in [5.74, 6) is 1.96. The average molecular weight is 526 g/mol. The van der Waals surface area contributed by atoms with Crippen LogP contribution in [0.5, 0.6) is 11.5 Å². The fourth-order valence-electron chi connectivity index (χ4n) is 3.65. The van der Waals surface area contributed by atoms with Gasteiger partial charge in [-0.05, 0) is 36.8 Å². The zero-order chi connectivity index (χ0) is 24.4. The zero-order valence-electron chi connectivity index (χ0n) is 19.2. The fraction of sp³-hybridized carbons (Fsp3) is 0.167. The summed E-state index contributed by atoms with van der Waals surface area (Å²) in [5, 5.41) is 6.64. The van der Waals surface area contributed by atoms with Crippen molar-refractivity contribution in [1.82, 2.24) is 24.8 Å². The Morgan fingerprint density at radius 3 is 2.83 bits per heavy atom. The maximum Gasteiger partial charge on any atom is 0.272 e. The van der Waals surface area contributed by atoms with Crippen molar-refractivity contribution in [3.63, 3.8) is 0 Å². The molecule has 4 aromatic rings. The molecule has 0 saturated heterocycles. The summed E-state index contributed by atoms with van der Waals surface area (Å²) < 4.78 is 12.4. The van der Waals surface area contributed by atoms with E-state index >= 15 is 0 Å². The minimum Gasteiger partial charge on any atom is -0.454 e. The Labute approximate surface area is 219 Å². The topological polar surface area (TPSA) is 129 Å². The number of aromatic nitrogens is 4. The Morgan fingerprint density at radius 1 is 1.19 bits per heavy atom. The lowest BCUT2D eigenvalue weighted by molar-refractivity contribution is 0.0933. The van der Waals surface area contributed by atoms with Crippen molar-refractivity contribution >= 4 is 42.6 Å². The van der Waals surface area contributed by atoms with Crippen LogP contribution in [-0.4, -0.2) is 38.8 Å². The number of nitrogens with one attached hydrogen (secondary N) is 2. The van der Waals surface area contributed by atoms with Crippen molar-refractivity contribution in [2.75, 3.05) is 18.7 Å². The summed E-state index contributed by atoms with van der Waals surface area (Å²) in [6.45, 7) is 2.29. The molecule has 1 aliphatic heterocycles. The first-order valence-electron chi connectivity index (χ1n) is 10.8. The smallest absolute Gasteiger partial charge is 0.272 e. The van der Waals surface area contributed by atoms with Crippen LogP contribution in [0.4, 0.5) is 11.6 Å². The van der Waals surface area contributed by atoms with Gasteiger partial charge in [0.2, 0.25) is 12.7 Å². The van der Waals surface area contributed by atoms with E-state index in [0.717, 1.165) is 16.8 Å². The number of rotatable bonds is 7. The molecule has 36 heavy (non-hydrogen) atoms. The number of imidazole rings is 1. The molecule has 0 spiro atoms. The number of nitrogens with zero attached hydrogens (tertiary/aromatic N) is 4. The molecule has 0 saturated carbocycles. The number of halogens is 1. The highest BCUT2D eigenvalue weighted by Crippen LogP contribution is 2.34. The van der Waals surface area contributed by atoms with Gasteiger partial charge in [-0.3, -0.25) is 9.36 Å². The number of hydrogen-bond acceptors (Lipinski definition) is 8. The monoisotopic (exact) mass is 525 g/mol. The van der Waals surface area contributed by atoms with Gasteiger partial charge in [0, 0.05) is 41.3 Å². The molecule has 186 valence electrons. The quantitative estimate of drug-likeness (QED) is 0.333. The van der Waals surface area contributed by atoms with E-state index in [9.17, 15) is 4.79 Å². The molecular formula is C24H24ClN7O3S. The summed E-state index contributed by atoms with van der Waals surface area (Å²) in [7, 11) is 0. The number of anilines is 2. The Bertz CT molecular complexity index is 1400. The molecule has 0 bridgehead atoms. The lowest BCUT2D eigenvalue weighted by Gasteiger charge is -2.16. The third kappa shape index (κ3) is 5.38. The van der Waals surface area contributed by atoms with E-state index in [0.29, 0.717) is 28.3 Å². The second-order valence-corrected chi connectivity index (χ2v) is 8.31. The molecule has 0 fully saturated rings. The number of fused-ring (bicyclic) bond motifs is 1. The van der Waals surface area contributed by atoms with Gasteiger partial charge in [0.15, 0.2) is 11.5 Å². The average Bonchev–Trinajstić information content (AvgIpc) is 3.53. The first-order chi connectivity index (χ1) is 17.0. The van der Waals surface area contributed by atoms with Gasteiger partial charge < -0.3 is 25.8 Å². The predicted octanol–water partition coefficient (Wildman–Crippen LogP) is 3.64. The van der Waals surface area contributed by atoms with E-state index in [-0.39, 0.29) is 38.4 Å². The molecule has 1 amide bonds. The lowest BCUT2D eigenvalue weighted by atomic mass is 10.1. The Morgan fingerprint density at radius 2 is 2.03 bits per heavy atom. The van der Waals surface area contributed by atoms with Crippen molar-refractivity contribution in [3.05, 3.63) is 83.0 Å². The van der Waals surface area contributed by atoms with Crippen molar-refractivity contribution in [2.24, 2.45) is 5.73 Å². The summed E-state index contributed by atoms with van der Waals surface area (Å²) in [4.78, 5) is 26.1. The van der Waals surface area contributed by atoms with Crippen LogP contribution in [0.1, 0.15) is 27.7 Å². The third-order valence-corrected chi connectivity index (χ3v) is 5.66. The number of nitrogens with two attached hydrogens (primary N) is 1. The van der Waals surface area contributed by atoms with Crippen molar-refractivity contribution < 1.29 is 14.3 Å². The number of carbonyl (C=O) groups is 1. The van der Waals surface area contributed by atoms with Crippen LogP contribution in [0.2, 0.25) is 5.02 Å². The molecule has 0 aliphatic carbocycles. The van der Waals surface area contributed by atoms with E-state index in [1.807, 2.05) is 37.3 Å². The summed E-state index contributed by atoms with van der Waals surface area (Å²) in [6.07, 6.45) is 4.84. The first kappa shape index (κ1) is 25.3. The molecule has 1 aliphatic rings. The molecule has 4 N–H and O–H groups in total. The highest BCUT2D eigenvalue weighted by Gasteiger charge is 2.18. The van der Waals surface area contributed by atoms with Gasteiger partial charge in [-0.15, -0.1) is 0 Å². The van der Waals surface area contributed by atoms with Crippen LogP contribution in [0.3, 0.4) is 0 Å². The van der Waals surface area contributed by atoms with Gasteiger partial charge >= 0.3 is 0 Å². The minimum atomic E-state index is -0.398. The Balaban J connectivity index is 0.00000304. The number of aryl methyl sites for hydroxylation is 1. The molecular weight excluding hydrogens is 502 g/mol. The molecule has 0 radical (unpaired) electrons. The molecule has 12 heteroatoms. The Hall–Kier alpha value is -3.80. The number of benzene rings is 2. The van der Waals surface area contributed by atoms with Crippen molar-refractivity contribution in [3.8, 4) is 17.3 Å². The van der Waals surface area contributed by atoms with Crippen LogP contribution < -0.4 is 25.8 Å². The number of ether oxygens (including phenoxy) is 2. The molecule has 2 aromatic heterocycles. The largest absolute Gasteiger partial charge is 0.454 e. The number of hydrogen-bond donors (Lipinski definition) is 3. The SMILES string of the molecule is Cc1cnc(Nc2ccc3c(c2)OCO3)nc1-n1cnc(C(=O)N[C@H](CN)c2cccc(Cl)c2)c1.S. The van der Waals surface area contributed by atoms with Gasteiger partial charge in [0.1, 0.15) is 17.8 Å². The highest BCUT2D eigenvalue weighted by molar-refractivity contribution is 7.59. The fourth-order valence-corrected chi connectivity index (χ4v) is 3.85. The maximum absolute atomic E-state index is 12.9. The summed E-state index contributed by atoms with van der Waals surface area (Å²) >= 11 is 6.08. The van der Waals surface area contributed by atoms with E-state index in [1.165, 1.54) is 6.33 Å². The second-order valence-electron chi connectivity index (χ2n) is 7.88. The summed E-state index contributed by atoms with van der Waals surface area (Å²) in [6, 6.07) is 12.3. The van der Waals surface area contributed by atoms with Gasteiger partial charge in [-0.25, -0.2) is 9.97 Å². The van der Waals surface area contributed by atoms with E-state index in [4.69, 9.17) is 26.8 Å². The normalized spacial score (nSPS) is 12.5.